The number of carbonyl (C=O) groups excluding carboxylic acids is 1. The van der Waals surface area contributed by atoms with Crippen LogP contribution in [0.15, 0.2) is 72.1 Å². The molecule has 168 valence electrons. The Morgan fingerprint density at radius 3 is 2.48 bits per heavy atom. The molecule has 4 aromatic rings. The second-order valence-corrected chi connectivity index (χ2v) is 9.41. The Labute approximate surface area is 195 Å². The number of nitrogens with one attached hydrogen (secondary N) is 1. The smallest absolute Gasteiger partial charge is 0.478 e. The minimum atomic E-state index is -1.03. The van der Waals surface area contributed by atoms with Gasteiger partial charge in [0.2, 0.25) is 0 Å². The van der Waals surface area contributed by atoms with Crippen molar-refractivity contribution in [3.05, 3.63) is 77.7 Å². The molecule has 1 heterocycles. The van der Waals surface area contributed by atoms with Crippen molar-refractivity contribution in [1.29, 1.82) is 0 Å². The zero-order valence-electron chi connectivity index (χ0n) is 18.4. The molecule has 0 aliphatic rings. The molecule has 2 N–H and O–H groups in total. The first-order valence-electron chi connectivity index (χ1n) is 10.3. The van der Waals surface area contributed by atoms with Gasteiger partial charge in [-0.2, -0.15) is 0 Å². The summed E-state index contributed by atoms with van der Waals surface area (Å²) in [5, 5.41) is 16.0. The van der Waals surface area contributed by atoms with Gasteiger partial charge in [-0.3, -0.25) is 0 Å². The summed E-state index contributed by atoms with van der Waals surface area (Å²) < 4.78 is 11.7. The van der Waals surface area contributed by atoms with Gasteiger partial charge in [-0.15, -0.1) is 11.3 Å². The van der Waals surface area contributed by atoms with Crippen LogP contribution in [0, 0.1) is 0 Å². The van der Waals surface area contributed by atoms with Crippen LogP contribution in [0.25, 0.3) is 21.2 Å². The van der Waals surface area contributed by atoms with E-state index >= 15 is 0 Å². The van der Waals surface area contributed by atoms with E-state index in [1.807, 2.05) is 35.7 Å². The minimum absolute atomic E-state index is 0.158. The molecule has 7 heteroatoms. The van der Waals surface area contributed by atoms with Gasteiger partial charge < -0.3 is 19.9 Å². The third kappa shape index (κ3) is 5.51. The Hall–Kier alpha value is -3.84. The molecule has 0 fully saturated rings. The van der Waals surface area contributed by atoms with Crippen LogP contribution in [0.3, 0.4) is 0 Å². The number of thiophene rings is 1. The van der Waals surface area contributed by atoms with Crippen molar-refractivity contribution >= 4 is 44.9 Å². The van der Waals surface area contributed by atoms with Crippen molar-refractivity contribution < 1.29 is 24.2 Å². The fraction of sp³-hybridized carbons (Fsp3) is 0.154. The average molecular weight is 462 g/mol. The molecule has 33 heavy (non-hydrogen) atoms. The normalized spacial score (nSPS) is 11.2. The summed E-state index contributed by atoms with van der Waals surface area (Å²) in [6.07, 6.45) is -0.785. The third-order valence-corrected chi connectivity index (χ3v) is 5.64. The van der Waals surface area contributed by atoms with Gasteiger partial charge in [-0.05, 0) is 91.2 Å². The van der Waals surface area contributed by atoms with Crippen LogP contribution >= 0.6 is 11.3 Å². The number of fused-ring (bicyclic) bond motifs is 1. The van der Waals surface area contributed by atoms with Gasteiger partial charge in [0.05, 0.1) is 11.3 Å². The van der Waals surface area contributed by atoms with Gasteiger partial charge in [0, 0.05) is 10.4 Å². The maximum atomic E-state index is 12.0. The number of carbonyl (C=O) groups is 2. The summed E-state index contributed by atoms with van der Waals surface area (Å²) >= 11 is 1.65. The van der Waals surface area contributed by atoms with Gasteiger partial charge in [0.15, 0.2) is 0 Å². The van der Waals surface area contributed by atoms with Crippen LogP contribution in [-0.4, -0.2) is 22.8 Å². The molecule has 0 bridgehead atoms. The van der Waals surface area contributed by atoms with E-state index in [0.29, 0.717) is 11.4 Å². The highest BCUT2D eigenvalue weighted by Crippen LogP contribution is 2.32. The van der Waals surface area contributed by atoms with Crippen molar-refractivity contribution in [1.82, 2.24) is 0 Å². The highest BCUT2D eigenvalue weighted by atomic mass is 32.1. The maximum Gasteiger partial charge on any atom is 0.514 e. The number of benzene rings is 3. The van der Waals surface area contributed by atoms with Gasteiger partial charge >= 0.3 is 12.1 Å². The van der Waals surface area contributed by atoms with Crippen molar-refractivity contribution in [2.24, 2.45) is 0 Å². The minimum Gasteiger partial charge on any atom is -0.478 e. The first kappa shape index (κ1) is 22.4. The van der Waals surface area contributed by atoms with E-state index in [1.165, 1.54) is 0 Å². The van der Waals surface area contributed by atoms with E-state index in [1.54, 1.807) is 68.5 Å². The maximum absolute atomic E-state index is 12.0. The lowest BCUT2D eigenvalue weighted by Crippen LogP contribution is -2.25. The Morgan fingerprint density at radius 2 is 1.73 bits per heavy atom. The molecule has 3 aromatic carbocycles. The first-order valence-corrected chi connectivity index (χ1v) is 11.2. The summed E-state index contributed by atoms with van der Waals surface area (Å²) in [5.41, 5.74) is 2.30. The van der Waals surface area contributed by atoms with Crippen molar-refractivity contribution in [3.63, 3.8) is 0 Å². The number of hydrogen-bond acceptors (Lipinski definition) is 6. The van der Waals surface area contributed by atoms with E-state index in [-0.39, 0.29) is 5.56 Å². The Bertz CT molecular complexity index is 1340. The molecule has 0 aliphatic heterocycles. The molecule has 0 spiro atoms. The lowest BCUT2D eigenvalue weighted by Gasteiger charge is -2.18. The fourth-order valence-corrected chi connectivity index (χ4v) is 4.09. The van der Waals surface area contributed by atoms with Crippen molar-refractivity contribution in [2.75, 3.05) is 5.32 Å². The quantitative estimate of drug-likeness (QED) is 0.239. The van der Waals surface area contributed by atoms with Crippen LogP contribution < -0.4 is 10.1 Å². The van der Waals surface area contributed by atoms with Gasteiger partial charge in [0.25, 0.3) is 0 Å². The van der Waals surface area contributed by atoms with Gasteiger partial charge in [0.1, 0.15) is 11.4 Å². The monoisotopic (exact) mass is 461 g/mol. The number of rotatable bonds is 5. The Balaban J connectivity index is 1.63. The van der Waals surface area contributed by atoms with Crippen LogP contribution in [-0.2, 0) is 4.74 Å². The zero-order chi connectivity index (χ0) is 23.6. The molecular formula is C26H23NO5S. The molecule has 0 amide bonds. The molecule has 1 aromatic heterocycles. The van der Waals surface area contributed by atoms with Crippen LogP contribution in [0.5, 0.6) is 5.75 Å². The molecule has 4 rings (SSSR count). The van der Waals surface area contributed by atoms with Crippen LogP contribution in [0.1, 0.15) is 31.1 Å². The highest BCUT2D eigenvalue weighted by Gasteiger charge is 2.18. The first-order chi connectivity index (χ1) is 15.7. The second-order valence-electron chi connectivity index (χ2n) is 8.46. The van der Waals surface area contributed by atoms with E-state index in [9.17, 15) is 14.7 Å². The summed E-state index contributed by atoms with van der Waals surface area (Å²) in [5.74, 6) is -0.691. The lowest BCUT2D eigenvalue weighted by atomic mass is 10.0. The summed E-state index contributed by atoms with van der Waals surface area (Å²) in [6.45, 7) is 5.29. The molecule has 0 saturated heterocycles. The van der Waals surface area contributed by atoms with Crippen molar-refractivity contribution in [3.8, 4) is 16.9 Å². The van der Waals surface area contributed by atoms with E-state index in [2.05, 4.69) is 5.32 Å². The highest BCUT2D eigenvalue weighted by molar-refractivity contribution is 7.17. The molecule has 0 unspecified atom stereocenters. The summed E-state index contributed by atoms with van der Waals surface area (Å²) in [4.78, 5) is 23.8. The molecule has 0 radical (unpaired) electrons. The van der Waals surface area contributed by atoms with E-state index in [0.717, 1.165) is 26.9 Å². The molecule has 0 atom stereocenters. The number of anilines is 2. The van der Waals surface area contributed by atoms with Gasteiger partial charge in [-0.25, -0.2) is 9.59 Å². The number of aromatic carboxylic acids is 1. The SMILES string of the molecule is CC(C)(C)OC(=O)Oc1cccc(-c2ccc(C(=O)O)c(Nc3ccc4sccc4c3)c2)c1. The van der Waals surface area contributed by atoms with Crippen LogP contribution in [0.2, 0.25) is 0 Å². The molecule has 0 aliphatic carbocycles. The second kappa shape index (κ2) is 8.96. The molecule has 0 saturated carbocycles. The Kier molecular flexibility index (Phi) is 6.07. The number of carboxylic acid groups (broad SMARTS) is 1. The fourth-order valence-electron chi connectivity index (χ4n) is 3.32. The third-order valence-electron chi connectivity index (χ3n) is 4.74. The molecule has 6 nitrogen and oxygen atoms in total. The number of ether oxygens (including phenoxy) is 2. The summed E-state index contributed by atoms with van der Waals surface area (Å²) in [6, 6.07) is 20.0. The zero-order valence-corrected chi connectivity index (χ0v) is 19.2. The molecular weight excluding hydrogens is 438 g/mol. The standard InChI is InChI=1S/C26H23NO5S/c1-26(2,3)32-25(30)31-20-6-4-5-16(14-20)17-7-9-21(24(28)29)22(15-17)27-19-8-10-23-18(13-19)11-12-33-23/h4-15,27H,1-3H3,(H,28,29). The van der Waals surface area contributed by atoms with Gasteiger partial charge in [-0.1, -0.05) is 18.2 Å². The van der Waals surface area contributed by atoms with Crippen molar-refractivity contribution in [2.45, 2.75) is 26.4 Å². The summed E-state index contributed by atoms with van der Waals surface area (Å²) in [7, 11) is 0. The Morgan fingerprint density at radius 1 is 0.939 bits per heavy atom. The topological polar surface area (TPSA) is 84.9 Å². The van der Waals surface area contributed by atoms with E-state index < -0.39 is 17.7 Å². The lowest BCUT2D eigenvalue weighted by molar-refractivity contribution is 0.0206. The predicted octanol–water partition coefficient (Wildman–Crippen LogP) is 7.32. The largest absolute Gasteiger partial charge is 0.514 e. The predicted molar refractivity (Wildman–Crippen MR) is 131 cm³/mol. The number of carboxylic acids is 1. The average Bonchev–Trinajstić information content (AvgIpc) is 3.20. The van der Waals surface area contributed by atoms with Crippen LogP contribution in [0.4, 0.5) is 16.2 Å². The number of hydrogen-bond donors (Lipinski definition) is 2. The van der Waals surface area contributed by atoms with E-state index in [4.69, 9.17) is 9.47 Å².